The quantitative estimate of drug-likeness (QED) is 0.464. The number of hydrogen-bond acceptors (Lipinski definition) is 8. The number of benzene rings is 2. The number of hydrazine groups is 1. The molecule has 9 heteroatoms. The molecule has 3 aromatic rings. The van der Waals surface area contributed by atoms with E-state index in [0.29, 0.717) is 23.8 Å². The van der Waals surface area contributed by atoms with Crippen LogP contribution in [0.3, 0.4) is 0 Å². The third-order valence-corrected chi connectivity index (χ3v) is 7.04. The largest absolute Gasteiger partial charge is 0.508 e. The van der Waals surface area contributed by atoms with Crippen LogP contribution in [0.5, 0.6) is 23.0 Å². The third kappa shape index (κ3) is 4.00. The zero-order valence-corrected chi connectivity index (χ0v) is 20.7. The fourth-order valence-electron chi connectivity index (χ4n) is 5.43. The second kappa shape index (κ2) is 9.67. The van der Waals surface area contributed by atoms with E-state index < -0.39 is 6.04 Å². The Morgan fingerprint density at radius 2 is 1.72 bits per heavy atom. The molecule has 9 nitrogen and oxygen atoms in total. The van der Waals surface area contributed by atoms with Crippen molar-refractivity contribution in [3.8, 4) is 23.0 Å². The van der Waals surface area contributed by atoms with E-state index >= 15 is 0 Å². The first kappa shape index (κ1) is 23.9. The van der Waals surface area contributed by atoms with Gasteiger partial charge in [0.05, 0.1) is 33.4 Å². The van der Waals surface area contributed by atoms with Gasteiger partial charge in [-0.3, -0.25) is 9.78 Å². The second-order valence-electron chi connectivity index (χ2n) is 9.11. The molecule has 2 saturated heterocycles. The van der Waals surface area contributed by atoms with Gasteiger partial charge < -0.3 is 24.2 Å². The molecule has 0 bridgehead atoms. The molecule has 36 heavy (non-hydrogen) atoms. The molecule has 4 unspecified atom stereocenters. The van der Waals surface area contributed by atoms with Gasteiger partial charge in [-0.15, -0.1) is 0 Å². The second-order valence-corrected chi connectivity index (χ2v) is 9.11. The number of fused-ring (bicyclic) bond motifs is 1. The number of hydrogen-bond donors (Lipinski definition) is 3. The number of nitrogens with one attached hydrogen (secondary N) is 2. The van der Waals surface area contributed by atoms with Crippen LogP contribution < -0.4 is 25.1 Å². The monoisotopic (exact) mass is 490 g/mol. The molecule has 2 aliphatic rings. The molecule has 0 spiro atoms. The number of carbonyl (C=O) groups is 1. The molecule has 3 N–H and O–H groups in total. The molecule has 0 radical (unpaired) electrons. The smallest absolute Gasteiger partial charge is 0.242 e. The standard InChI is InChI=1S/C27H30N4O5/c1-15-7-8-19(32)18(10-15)23-22-24(30-29-23)27(33)31(14-16-6-5-9-28-13-16)25(22)17-11-20(34-2)26(36-4)21(12-17)35-3/h5-13,22-25,29-30,32H,14H2,1-4H3. The van der Waals surface area contributed by atoms with Gasteiger partial charge in [0.15, 0.2) is 11.5 Å². The van der Waals surface area contributed by atoms with Crippen molar-refractivity contribution < 1.29 is 24.1 Å². The van der Waals surface area contributed by atoms with E-state index in [9.17, 15) is 9.90 Å². The minimum Gasteiger partial charge on any atom is -0.508 e. The van der Waals surface area contributed by atoms with Gasteiger partial charge in [0, 0.05) is 30.4 Å². The lowest BCUT2D eigenvalue weighted by atomic mass is 9.82. The minimum atomic E-state index is -0.490. The molecule has 2 aromatic carbocycles. The van der Waals surface area contributed by atoms with E-state index in [2.05, 4.69) is 15.8 Å². The summed E-state index contributed by atoms with van der Waals surface area (Å²) in [6.45, 7) is 2.36. The maximum atomic E-state index is 13.8. The Morgan fingerprint density at radius 3 is 2.36 bits per heavy atom. The highest BCUT2D eigenvalue weighted by Crippen LogP contribution is 2.51. The highest BCUT2D eigenvalue weighted by molar-refractivity contribution is 5.86. The highest BCUT2D eigenvalue weighted by atomic mass is 16.5. The third-order valence-electron chi connectivity index (χ3n) is 7.04. The SMILES string of the molecule is COc1cc(C2C3C(NNC3c3cc(C)ccc3O)C(=O)N2Cc2cccnc2)cc(OC)c1OC. The van der Waals surface area contributed by atoms with E-state index in [0.717, 1.165) is 22.3 Å². The molecule has 1 amide bonds. The van der Waals surface area contributed by atoms with Crippen LogP contribution in [0.25, 0.3) is 0 Å². The first-order valence-corrected chi connectivity index (χ1v) is 11.8. The summed E-state index contributed by atoms with van der Waals surface area (Å²) in [5.41, 5.74) is 10.0. The zero-order chi connectivity index (χ0) is 25.4. The van der Waals surface area contributed by atoms with Gasteiger partial charge in [0.1, 0.15) is 11.8 Å². The van der Waals surface area contributed by atoms with Gasteiger partial charge in [-0.25, -0.2) is 10.9 Å². The fourth-order valence-corrected chi connectivity index (χ4v) is 5.43. The van der Waals surface area contributed by atoms with E-state index in [1.807, 2.05) is 48.2 Å². The topological polar surface area (TPSA) is 105 Å². The van der Waals surface area contributed by atoms with Crippen molar-refractivity contribution in [1.29, 1.82) is 0 Å². The van der Waals surface area contributed by atoms with Crippen LogP contribution in [0.2, 0.25) is 0 Å². The number of rotatable bonds is 7. The number of aryl methyl sites for hydroxylation is 1. The maximum Gasteiger partial charge on any atom is 0.242 e. The van der Waals surface area contributed by atoms with E-state index in [1.54, 1.807) is 39.8 Å². The molecule has 0 saturated carbocycles. The predicted octanol–water partition coefficient (Wildman–Crippen LogP) is 3.04. The highest BCUT2D eigenvalue weighted by Gasteiger charge is 2.56. The fraction of sp³-hybridized carbons (Fsp3) is 0.333. The summed E-state index contributed by atoms with van der Waals surface area (Å²) >= 11 is 0. The Morgan fingerprint density at radius 1 is 1.00 bits per heavy atom. The van der Waals surface area contributed by atoms with Crippen molar-refractivity contribution in [3.05, 3.63) is 77.1 Å². The lowest BCUT2D eigenvalue weighted by Crippen LogP contribution is -2.41. The number of aromatic hydroxyl groups is 1. The average molecular weight is 491 g/mol. The number of amides is 1. The normalized spacial score (nSPS) is 23.0. The Kier molecular flexibility index (Phi) is 6.42. The van der Waals surface area contributed by atoms with Gasteiger partial charge >= 0.3 is 0 Å². The number of pyridine rings is 1. The maximum absolute atomic E-state index is 13.8. The molecular formula is C27H30N4O5. The summed E-state index contributed by atoms with van der Waals surface area (Å²) in [5, 5.41) is 10.7. The van der Waals surface area contributed by atoms with E-state index in [1.165, 1.54) is 0 Å². The molecular weight excluding hydrogens is 460 g/mol. The summed E-state index contributed by atoms with van der Waals surface area (Å²) in [6, 6.07) is 11.9. The van der Waals surface area contributed by atoms with Crippen molar-refractivity contribution >= 4 is 5.91 Å². The van der Waals surface area contributed by atoms with Crippen molar-refractivity contribution in [3.63, 3.8) is 0 Å². The van der Waals surface area contributed by atoms with Gasteiger partial charge in [0.25, 0.3) is 0 Å². The molecule has 4 atom stereocenters. The average Bonchev–Trinajstić information content (AvgIpc) is 3.44. The Balaban J connectivity index is 1.65. The first-order valence-electron chi connectivity index (χ1n) is 11.8. The Bertz CT molecular complexity index is 1240. The van der Waals surface area contributed by atoms with Crippen LogP contribution in [0.4, 0.5) is 0 Å². The van der Waals surface area contributed by atoms with Gasteiger partial charge in [-0.1, -0.05) is 23.8 Å². The molecule has 188 valence electrons. The van der Waals surface area contributed by atoms with Crippen LogP contribution in [-0.4, -0.2) is 48.3 Å². The van der Waals surface area contributed by atoms with E-state index in [4.69, 9.17) is 14.2 Å². The van der Waals surface area contributed by atoms with Gasteiger partial charge in [-0.05, 0) is 42.3 Å². The van der Waals surface area contributed by atoms with Crippen molar-refractivity contribution in [2.45, 2.75) is 31.6 Å². The van der Waals surface area contributed by atoms with Crippen molar-refractivity contribution in [2.75, 3.05) is 21.3 Å². The molecule has 2 aliphatic heterocycles. The number of phenolic OH excluding ortho intramolecular Hbond substituents is 1. The predicted molar refractivity (Wildman–Crippen MR) is 133 cm³/mol. The van der Waals surface area contributed by atoms with Crippen LogP contribution in [-0.2, 0) is 11.3 Å². The summed E-state index contributed by atoms with van der Waals surface area (Å²) in [7, 11) is 4.71. The molecule has 3 heterocycles. The molecule has 0 aliphatic carbocycles. The van der Waals surface area contributed by atoms with Gasteiger partial charge in [-0.2, -0.15) is 0 Å². The Hall–Kier alpha value is -3.82. The zero-order valence-electron chi connectivity index (χ0n) is 20.7. The number of nitrogens with zero attached hydrogens (tertiary/aromatic N) is 2. The minimum absolute atomic E-state index is 0.0373. The van der Waals surface area contributed by atoms with Gasteiger partial charge in [0.2, 0.25) is 11.7 Å². The lowest BCUT2D eigenvalue weighted by Gasteiger charge is -2.32. The number of aromatic nitrogens is 1. The summed E-state index contributed by atoms with van der Waals surface area (Å²) < 4.78 is 16.8. The molecule has 1 aromatic heterocycles. The summed E-state index contributed by atoms with van der Waals surface area (Å²) in [6.07, 6.45) is 3.48. The lowest BCUT2D eigenvalue weighted by molar-refractivity contribution is -0.131. The van der Waals surface area contributed by atoms with E-state index in [-0.39, 0.29) is 29.7 Å². The number of likely N-dealkylation sites (tertiary alicyclic amines) is 1. The molecule has 5 rings (SSSR count). The van der Waals surface area contributed by atoms with Crippen LogP contribution in [0, 0.1) is 12.8 Å². The summed E-state index contributed by atoms with van der Waals surface area (Å²) in [4.78, 5) is 19.9. The number of methoxy groups -OCH3 is 3. The van der Waals surface area contributed by atoms with Crippen molar-refractivity contribution in [2.24, 2.45) is 5.92 Å². The number of phenols is 1. The Labute approximate surface area is 210 Å². The molecule has 2 fully saturated rings. The summed E-state index contributed by atoms with van der Waals surface area (Å²) in [5.74, 6) is 1.42. The van der Waals surface area contributed by atoms with Crippen LogP contribution >= 0.6 is 0 Å². The first-order chi connectivity index (χ1) is 17.5. The van der Waals surface area contributed by atoms with Crippen molar-refractivity contribution in [1.82, 2.24) is 20.7 Å². The van der Waals surface area contributed by atoms with Crippen LogP contribution in [0.15, 0.2) is 54.9 Å². The number of carbonyl (C=O) groups excluding carboxylic acids is 1. The van der Waals surface area contributed by atoms with Crippen LogP contribution in [0.1, 0.15) is 34.3 Å². The number of ether oxygens (including phenoxy) is 3.